The molecule has 2 rings (SSSR count). The summed E-state index contributed by atoms with van der Waals surface area (Å²) in [5.74, 6) is -0.167. The molecule has 0 N–H and O–H groups in total. The maximum Gasteiger partial charge on any atom is 0.237 e. The summed E-state index contributed by atoms with van der Waals surface area (Å²) in [6.07, 6.45) is 3.90. The Balaban J connectivity index is 2.31. The van der Waals surface area contributed by atoms with Crippen LogP contribution in [0.4, 0.5) is 4.39 Å². The minimum absolute atomic E-state index is 0.136. The summed E-state index contributed by atoms with van der Waals surface area (Å²) in [5.41, 5.74) is 0.284. The Bertz CT molecular complexity index is 551. The van der Waals surface area contributed by atoms with Crippen LogP contribution in [0.15, 0.2) is 36.8 Å². The monoisotopic (exact) mass is 215 g/mol. The van der Waals surface area contributed by atoms with Crippen molar-refractivity contribution in [3.05, 3.63) is 48.2 Å². The van der Waals surface area contributed by atoms with Gasteiger partial charge in [0.25, 0.3) is 0 Å². The van der Waals surface area contributed by atoms with Gasteiger partial charge in [0, 0.05) is 12.3 Å². The molecule has 0 aliphatic rings. The van der Waals surface area contributed by atoms with E-state index in [0.29, 0.717) is 0 Å². The molecule has 0 aromatic carbocycles. The zero-order chi connectivity index (χ0) is 11.4. The number of hydrogen-bond donors (Lipinski definition) is 0. The molecule has 2 aromatic heterocycles. The first-order valence-electron chi connectivity index (χ1n) is 4.43. The van der Waals surface area contributed by atoms with Gasteiger partial charge in [-0.1, -0.05) is 0 Å². The van der Waals surface area contributed by atoms with E-state index in [1.54, 1.807) is 12.1 Å². The van der Waals surface area contributed by atoms with Crippen molar-refractivity contribution in [1.29, 1.82) is 5.26 Å². The third-order valence-electron chi connectivity index (χ3n) is 1.79. The summed E-state index contributed by atoms with van der Waals surface area (Å²) >= 11 is 0. The lowest BCUT2D eigenvalue weighted by molar-refractivity contribution is 0.453. The quantitative estimate of drug-likeness (QED) is 0.771. The van der Waals surface area contributed by atoms with E-state index in [9.17, 15) is 4.39 Å². The van der Waals surface area contributed by atoms with Crippen LogP contribution < -0.4 is 4.74 Å². The summed E-state index contributed by atoms with van der Waals surface area (Å²) < 4.78 is 18.1. The van der Waals surface area contributed by atoms with E-state index in [4.69, 9.17) is 10.00 Å². The van der Waals surface area contributed by atoms with Gasteiger partial charge in [-0.3, -0.25) is 4.98 Å². The molecule has 16 heavy (non-hydrogen) atoms. The predicted molar refractivity (Wildman–Crippen MR) is 53.2 cm³/mol. The summed E-state index contributed by atoms with van der Waals surface area (Å²) in [5, 5.41) is 8.79. The van der Waals surface area contributed by atoms with Gasteiger partial charge in [-0.05, 0) is 12.1 Å². The molecule has 5 heteroatoms. The van der Waals surface area contributed by atoms with Crippen LogP contribution in [0, 0.1) is 17.1 Å². The highest BCUT2D eigenvalue weighted by Crippen LogP contribution is 2.21. The summed E-state index contributed by atoms with van der Waals surface area (Å²) in [4.78, 5) is 7.50. The van der Waals surface area contributed by atoms with Crippen molar-refractivity contribution in [1.82, 2.24) is 9.97 Å². The molecule has 78 valence electrons. The number of halogens is 1. The Hall–Kier alpha value is -2.48. The number of hydrogen-bond acceptors (Lipinski definition) is 4. The lowest BCUT2D eigenvalue weighted by Gasteiger charge is -2.04. The van der Waals surface area contributed by atoms with Gasteiger partial charge in [0.1, 0.15) is 17.4 Å². The Morgan fingerprint density at radius 1 is 1.38 bits per heavy atom. The van der Waals surface area contributed by atoms with E-state index < -0.39 is 5.82 Å². The SMILES string of the molecule is N#Cc1cccnc1Oc1cncc(F)c1. The molecule has 0 aliphatic carbocycles. The molecule has 0 saturated carbocycles. The molecular weight excluding hydrogens is 209 g/mol. The molecule has 0 saturated heterocycles. The third-order valence-corrected chi connectivity index (χ3v) is 1.79. The zero-order valence-electron chi connectivity index (χ0n) is 8.09. The molecule has 0 aliphatic heterocycles. The normalized spacial score (nSPS) is 9.50. The van der Waals surface area contributed by atoms with Gasteiger partial charge < -0.3 is 4.74 Å². The maximum absolute atomic E-state index is 12.8. The molecule has 0 fully saturated rings. The van der Waals surface area contributed by atoms with Gasteiger partial charge in [0.05, 0.1) is 12.4 Å². The van der Waals surface area contributed by atoms with Gasteiger partial charge in [-0.2, -0.15) is 5.26 Å². The molecule has 0 spiro atoms. The number of nitrogens with zero attached hydrogens (tertiary/aromatic N) is 3. The topological polar surface area (TPSA) is 58.8 Å². The van der Waals surface area contributed by atoms with Crippen LogP contribution in [0.2, 0.25) is 0 Å². The van der Waals surface area contributed by atoms with E-state index in [0.717, 1.165) is 6.20 Å². The van der Waals surface area contributed by atoms with Crippen LogP contribution in [0.5, 0.6) is 11.6 Å². The van der Waals surface area contributed by atoms with Crippen LogP contribution in [-0.2, 0) is 0 Å². The lowest BCUT2D eigenvalue weighted by atomic mass is 10.3. The van der Waals surface area contributed by atoms with Crippen molar-refractivity contribution in [2.45, 2.75) is 0 Å². The second-order valence-electron chi connectivity index (χ2n) is 2.91. The first-order chi connectivity index (χ1) is 7.79. The standard InChI is InChI=1S/C11H6FN3O/c12-9-4-10(7-14-6-9)16-11-8(5-13)2-1-3-15-11/h1-4,6-7H. The average molecular weight is 215 g/mol. The number of aromatic nitrogens is 2. The number of nitriles is 1. The van der Waals surface area contributed by atoms with Gasteiger partial charge in [-0.25, -0.2) is 9.37 Å². The van der Waals surface area contributed by atoms with Gasteiger partial charge in [-0.15, -0.1) is 0 Å². The molecule has 2 heterocycles. The second kappa shape index (κ2) is 4.36. The molecule has 4 nitrogen and oxygen atoms in total. The van der Waals surface area contributed by atoms with Gasteiger partial charge in [0.15, 0.2) is 5.75 Å². The van der Waals surface area contributed by atoms with E-state index >= 15 is 0 Å². The van der Waals surface area contributed by atoms with Crippen molar-refractivity contribution in [3.63, 3.8) is 0 Å². The summed E-state index contributed by atoms with van der Waals surface area (Å²) in [7, 11) is 0. The summed E-state index contributed by atoms with van der Waals surface area (Å²) in [6.45, 7) is 0. The van der Waals surface area contributed by atoms with E-state index in [1.807, 2.05) is 6.07 Å². The maximum atomic E-state index is 12.8. The van der Waals surface area contributed by atoms with E-state index in [1.165, 1.54) is 18.5 Å². The number of ether oxygens (including phenoxy) is 1. The highest BCUT2D eigenvalue weighted by Gasteiger charge is 2.05. The predicted octanol–water partition coefficient (Wildman–Crippen LogP) is 2.28. The third kappa shape index (κ3) is 2.12. The molecule has 2 aromatic rings. The molecule has 0 amide bonds. The Morgan fingerprint density at radius 2 is 2.25 bits per heavy atom. The van der Waals surface area contributed by atoms with E-state index in [2.05, 4.69) is 9.97 Å². The highest BCUT2D eigenvalue weighted by molar-refractivity contribution is 5.39. The van der Waals surface area contributed by atoms with Crippen LogP contribution in [-0.4, -0.2) is 9.97 Å². The van der Waals surface area contributed by atoms with Crippen LogP contribution >= 0.6 is 0 Å². The minimum atomic E-state index is -0.507. The first kappa shape index (κ1) is 10.1. The molecule has 0 radical (unpaired) electrons. The number of pyridine rings is 2. The fraction of sp³-hybridized carbons (Fsp3) is 0. The largest absolute Gasteiger partial charge is 0.436 e. The molecule has 0 unspecified atom stereocenters. The fourth-order valence-corrected chi connectivity index (χ4v) is 1.12. The van der Waals surface area contributed by atoms with Crippen LogP contribution in [0.3, 0.4) is 0 Å². The van der Waals surface area contributed by atoms with Crippen molar-refractivity contribution in [3.8, 4) is 17.7 Å². The van der Waals surface area contributed by atoms with Gasteiger partial charge in [0.2, 0.25) is 5.88 Å². The molecule has 0 bridgehead atoms. The molecule has 0 atom stereocenters. The van der Waals surface area contributed by atoms with Crippen LogP contribution in [0.1, 0.15) is 5.56 Å². The van der Waals surface area contributed by atoms with Gasteiger partial charge >= 0.3 is 0 Å². The van der Waals surface area contributed by atoms with Crippen LogP contribution in [0.25, 0.3) is 0 Å². The Labute approximate surface area is 91.0 Å². The lowest BCUT2D eigenvalue weighted by Crippen LogP contribution is -1.92. The second-order valence-corrected chi connectivity index (χ2v) is 2.91. The van der Waals surface area contributed by atoms with Crippen molar-refractivity contribution >= 4 is 0 Å². The minimum Gasteiger partial charge on any atom is -0.436 e. The smallest absolute Gasteiger partial charge is 0.237 e. The fourth-order valence-electron chi connectivity index (χ4n) is 1.12. The van der Waals surface area contributed by atoms with Crippen molar-refractivity contribution in [2.75, 3.05) is 0 Å². The van der Waals surface area contributed by atoms with Crippen molar-refractivity contribution in [2.24, 2.45) is 0 Å². The zero-order valence-corrected chi connectivity index (χ0v) is 8.09. The Morgan fingerprint density at radius 3 is 3.00 bits per heavy atom. The molecular formula is C11H6FN3O. The Kier molecular flexibility index (Phi) is 2.74. The highest BCUT2D eigenvalue weighted by atomic mass is 19.1. The summed E-state index contributed by atoms with van der Waals surface area (Å²) in [6, 6.07) is 6.28. The number of rotatable bonds is 2. The first-order valence-corrected chi connectivity index (χ1v) is 4.43. The van der Waals surface area contributed by atoms with E-state index in [-0.39, 0.29) is 17.2 Å². The average Bonchev–Trinajstić information content (AvgIpc) is 2.30. The van der Waals surface area contributed by atoms with Crippen molar-refractivity contribution < 1.29 is 9.13 Å².